The van der Waals surface area contributed by atoms with Crippen molar-refractivity contribution < 1.29 is 28.6 Å². The molecule has 0 aliphatic heterocycles. The van der Waals surface area contributed by atoms with Crippen molar-refractivity contribution in [1.29, 1.82) is 0 Å². The molecule has 0 amide bonds. The number of esters is 2. The second kappa shape index (κ2) is 8.98. The summed E-state index contributed by atoms with van der Waals surface area (Å²) in [5.41, 5.74) is 5.60. The third-order valence-corrected chi connectivity index (χ3v) is 2.96. The van der Waals surface area contributed by atoms with Crippen LogP contribution in [0.5, 0.6) is 5.75 Å². The molecular formula is C13H15NO6S. The number of hydrogen-bond acceptors (Lipinski definition) is 8. The molecule has 1 rings (SSSR count). The maximum Gasteiger partial charge on any atom is 0.370 e. The molecule has 21 heavy (non-hydrogen) atoms. The summed E-state index contributed by atoms with van der Waals surface area (Å²) >= 11 is 0.697. The molecule has 1 atom stereocenters. The zero-order valence-corrected chi connectivity index (χ0v) is 12.1. The second-order valence-electron chi connectivity index (χ2n) is 3.80. The summed E-state index contributed by atoms with van der Waals surface area (Å²) in [6.45, 7) is 0.724. The van der Waals surface area contributed by atoms with Gasteiger partial charge in [0.15, 0.2) is 0 Å². The van der Waals surface area contributed by atoms with E-state index >= 15 is 0 Å². The number of nitrogens with two attached hydrogens (primary N) is 1. The van der Waals surface area contributed by atoms with Crippen molar-refractivity contribution >= 4 is 29.0 Å². The Labute approximate surface area is 125 Å². The SMILES string of the molecule is CC(=O)OCOC(=O)SC[C@H](N)C(=O)Oc1ccccc1. The quantitative estimate of drug-likeness (QED) is 0.476. The average molecular weight is 313 g/mol. The molecule has 1 aromatic carbocycles. The van der Waals surface area contributed by atoms with Gasteiger partial charge in [0.2, 0.25) is 6.79 Å². The van der Waals surface area contributed by atoms with Crippen LogP contribution in [0.3, 0.4) is 0 Å². The van der Waals surface area contributed by atoms with E-state index in [1.54, 1.807) is 30.3 Å². The van der Waals surface area contributed by atoms with Crippen molar-refractivity contribution in [2.45, 2.75) is 13.0 Å². The Morgan fingerprint density at radius 3 is 2.48 bits per heavy atom. The fourth-order valence-electron chi connectivity index (χ4n) is 1.11. The molecule has 114 valence electrons. The highest BCUT2D eigenvalue weighted by Gasteiger charge is 2.18. The first-order chi connectivity index (χ1) is 9.99. The highest BCUT2D eigenvalue weighted by molar-refractivity contribution is 8.13. The van der Waals surface area contributed by atoms with Crippen LogP contribution in [0.2, 0.25) is 0 Å². The molecule has 0 aromatic heterocycles. The Kier molecular flexibility index (Phi) is 7.27. The monoisotopic (exact) mass is 313 g/mol. The van der Waals surface area contributed by atoms with Gasteiger partial charge in [0, 0.05) is 12.7 Å². The minimum Gasteiger partial charge on any atom is -0.428 e. The smallest absolute Gasteiger partial charge is 0.370 e. The van der Waals surface area contributed by atoms with E-state index in [1.165, 1.54) is 6.92 Å². The number of benzene rings is 1. The van der Waals surface area contributed by atoms with Crippen molar-refractivity contribution in [3.05, 3.63) is 30.3 Å². The zero-order chi connectivity index (χ0) is 15.7. The molecule has 8 heteroatoms. The number of thioether (sulfide) groups is 1. The molecule has 0 saturated carbocycles. The van der Waals surface area contributed by atoms with Gasteiger partial charge in [-0.15, -0.1) is 0 Å². The fourth-order valence-corrected chi connectivity index (χ4v) is 1.69. The Balaban J connectivity index is 2.26. The van der Waals surface area contributed by atoms with Gasteiger partial charge in [0.05, 0.1) is 0 Å². The Morgan fingerprint density at radius 2 is 1.86 bits per heavy atom. The topological polar surface area (TPSA) is 105 Å². The third-order valence-electron chi connectivity index (χ3n) is 2.08. The molecule has 7 nitrogen and oxygen atoms in total. The van der Waals surface area contributed by atoms with Crippen LogP contribution < -0.4 is 10.5 Å². The molecule has 0 fully saturated rings. The van der Waals surface area contributed by atoms with Gasteiger partial charge >= 0.3 is 17.2 Å². The summed E-state index contributed by atoms with van der Waals surface area (Å²) in [6, 6.07) is 7.48. The minimum atomic E-state index is -0.975. The summed E-state index contributed by atoms with van der Waals surface area (Å²) in [5, 5.41) is -0.695. The largest absolute Gasteiger partial charge is 0.428 e. The molecule has 0 unspecified atom stereocenters. The molecule has 2 N–H and O–H groups in total. The second-order valence-corrected chi connectivity index (χ2v) is 4.76. The van der Waals surface area contributed by atoms with Gasteiger partial charge in [-0.05, 0) is 23.9 Å². The number of para-hydroxylation sites is 1. The fraction of sp³-hybridized carbons (Fsp3) is 0.308. The lowest BCUT2D eigenvalue weighted by atomic mass is 10.3. The molecule has 0 aliphatic carbocycles. The zero-order valence-electron chi connectivity index (χ0n) is 11.3. The number of ether oxygens (including phenoxy) is 3. The van der Waals surface area contributed by atoms with Crippen molar-refractivity contribution in [3.8, 4) is 5.75 Å². The number of hydrogen-bond donors (Lipinski definition) is 1. The molecule has 0 heterocycles. The van der Waals surface area contributed by atoms with Crippen LogP contribution in [0.25, 0.3) is 0 Å². The van der Waals surface area contributed by atoms with E-state index < -0.39 is 30.1 Å². The number of carbonyl (C=O) groups is 3. The highest BCUT2D eigenvalue weighted by atomic mass is 32.2. The van der Waals surface area contributed by atoms with Crippen LogP contribution >= 0.6 is 11.8 Å². The van der Waals surface area contributed by atoms with Crippen molar-refractivity contribution in [3.63, 3.8) is 0 Å². The average Bonchev–Trinajstić information content (AvgIpc) is 2.45. The summed E-state index contributed by atoms with van der Waals surface area (Å²) in [6.07, 6.45) is 0. The minimum absolute atomic E-state index is 0.00935. The van der Waals surface area contributed by atoms with Crippen LogP contribution in [-0.4, -0.2) is 35.8 Å². The maximum atomic E-state index is 11.6. The van der Waals surface area contributed by atoms with Gasteiger partial charge in [-0.25, -0.2) is 9.59 Å². The Bertz CT molecular complexity index is 493. The van der Waals surface area contributed by atoms with Gasteiger partial charge in [-0.3, -0.25) is 4.79 Å². The molecule has 0 spiro atoms. The number of rotatable bonds is 6. The Hall–Kier alpha value is -2.06. The standard InChI is InChI=1S/C13H15NO6S/c1-9(15)18-8-19-13(17)21-7-11(14)12(16)20-10-5-3-2-4-6-10/h2-6,11H,7-8,14H2,1H3/t11-/m0/s1. The van der Waals surface area contributed by atoms with Crippen molar-refractivity contribution in [2.24, 2.45) is 5.73 Å². The van der Waals surface area contributed by atoms with Gasteiger partial charge in [0.1, 0.15) is 11.8 Å². The van der Waals surface area contributed by atoms with Crippen molar-refractivity contribution in [2.75, 3.05) is 12.5 Å². The first-order valence-corrected chi connectivity index (χ1v) is 6.93. The van der Waals surface area contributed by atoms with Crippen LogP contribution in [0.1, 0.15) is 6.92 Å². The summed E-state index contributed by atoms with van der Waals surface area (Å²) in [5.74, 6) is -0.845. The molecule has 0 aliphatic rings. The normalized spacial score (nSPS) is 11.3. The van der Waals surface area contributed by atoms with Gasteiger partial charge in [0.25, 0.3) is 0 Å². The molecule has 0 saturated heterocycles. The lowest BCUT2D eigenvalue weighted by molar-refractivity contribution is -0.148. The number of carbonyl (C=O) groups excluding carboxylic acids is 3. The molecule has 0 bridgehead atoms. The molecular weight excluding hydrogens is 298 g/mol. The molecule has 0 radical (unpaired) electrons. The summed E-state index contributed by atoms with van der Waals surface area (Å²) < 4.78 is 14.0. The van der Waals surface area contributed by atoms with E-state index in [2.05, 4.69) is 9.47 Å². The van der Waals surface area contributed by atoms with Crippen LogP contribution in [0.4, 0.5) is 4.79 Å². The maximum absolute atomic E-state index is 11.6. The van der Waals surface area contributed by atoms with E-state index in [-0.39, 0.29) is 5.75 Å². The van der Waals surface area contributed by atoms with E-state index in [4.69, 9.17) is 10.5 Å². The van der Waals surface area contributed by atoms with Crippen LogP contribution in [0.15, 0.2) is 30.3 Å². The first-order valence-electron chi connectivity index (χ1n) is 5.94. The predicted octanol–water partition coefficient (Wildman–Crippen LogP) is 1.31. The van der Waals surface area contributed by atoms with Gasteiger partial charge < -0.3 is 19.9 Å². The van der Waals surface area contributed by atoms with Gasteiger partial charge in [-0.1, -0.05) is 18.2 Å². The van der Waals surface area contributed by atoms with E-state index in [0.29, 0.717) is 17.5 Å². The highest BCUT2D eigenvalue weighted by Crippen LogP contribution is 2.11. The first kappa shape index (κ1) is 17.0. The molecule has 1 aromatic rings. The Morgan fingerprint density at radius 1 is 1.19 bits per heavy atom. The van der Waals surface area contributed by atoms with E-state index in [0.717, 1.165) is 0 Å². The van der Waals surface area contributed by atoms with Crippen molar-refractivity contribution in [1.82, 2.24) is 0 Å². The summed E-state index contributed by atoms with van der Waals surface area (Å²) in [4.78, 5) is 33.4. The lowest BCUT2D eigenvalue weighted by Gasteiger charge is -2.10. The lowest BCUT2D eigenvalue weighted by Crippen LogP contribution is -2.36. The van der Waals surface area contributed by atoms with Crippen LogP contribution in [0, 0.1) is 0 Å². The van der Waals surface area contributed by atoms with Crippen LogP contribution in [-0.2, 0) is 19.1 Å². The predicted molar refractivity (Wildman–Crippen MR) is 75.6 cm³/mol. The van der Waals surface area contributed by atoms with Gasteiger partial charge in [-0.2, -0.15) is 0 Å². The summed E-state index contributed by atoms with van der Waals surface area (Å²) in [7, 11) is 0. The van der Waals surface area contributed by atoms with E-state index in [9.17, 15) is 14.4 Å². The third kappa shape index (κ3) is 7.33. The van der Waals surface area contributed by atoms with E-state index in [1.807, 2.05) is 0 Å².